The molecule has 0 atom stereocenters. The van der Waals surface area contributed by atoms with Crippen LogP contribution in [0.2, 0.25) is 0 Å². The number of hydrogen-bond donors (Lipinski definition) is 1. The number of nitrogens with zero attached hydrogens (tertiary/aromatic N) is 1. The first kappa shape index (κ1) is 13.6. The molecule has 1 aromatic heterocycles. The molecule has 5 nitrogen and oxygen atoms in total. The molecule has 0 saturated heterocycles. The molecule has 0 fully saturated rings. The van der Waals surface area contributed by atoms with Crippen molar-refractivity contribution in [3.63, 3.8) is 0 Å². The van der Waals surface area contributed by atoms with Crippen LogP contribution >= 0.6 is 0 Å². The Kier molecular flexibility index (Phi) is 5.56. The standard InChI is InChI=1S/C12H20N2O3/c1-4-13-12(15)14(7-8-16-3)9-11-6-5-10(2)17-11/h5-6H,4,7-9H2,1-3H3,(H,13,15). The SMILES string of the molecule is CCNC(=O)N(CCOC)Cc1ccc(C)o1. The molecule has 1 rings (SSSR count). The minimum Gasteiger partial charge on any atom is -0.464 e. The molecular formula is C12H20N2O3. The van der Waals surface area contributed by atoms with E-state index in [1.54, 1.807) is 12.0 Å². The summed E-state index contributed by atoms with van der Waals surface area (Å²) in [5.41, 5.74) is 0. The zero-order chi connectivity index (χ0) is 12.7. The van der Waals surface area contributed by atoms with Gasteiger partial charge in [0.15, 0.2) is 0 Å². The second-order valence-corrected chi connectivity index (χ2v) is 3.76. The Morgan fingerprint density at radius 1 is 1.53 bits per heavy atom. The monoisotopic (exact) mass is 240 g/mol. The average Bonchev–Trinajstić information content (AvgIpc) is 2.70. The van der Waals surface area contributed by atoms with Gasteiger partial charge in [0.2, 0.25) is 0 Å². The Labute approximate surface area is 102 Å². The predicted octanol–water partition coefficient (Wildman–Crippen LogP) is 1.77. The smallest absolute Gasteiger partial charge is 0.317 e. The van der Waals surface area contributed by atoms with Crippen molar-refractivity contribution in [1.82, 2.24) is 10.2 Å². The molecule has 0 radical (unpaired) electrons. The second-order valence-electron chi connectivity index (χ2n) is 3.76. The maximum Gasteiger partial charge on any atom is 0.317 e. The fourth-order valence-electron chi connectivity index (χ4n) is 1.48. The first-order valence-corrected chi connectivity index (χ1v) is 5.74. The molecule has 1 aromatic rings. The third-order valence-corrected chi connectivity index (χ3v) is 2.32. The second kappa shape index (κ2) is 6.96. The molecule has 0 aromatic carbocycles. The van der Waals surface area contributed by atoms with Crippen LogP contribution in [0.1, 0.15) is 18.4 Å². The molecule has 0 spiro atoms. The van der Waals surface area contributed by atoms with Gasteiger partial charge in [-0.2, -0.15) is 0 Å². The van der Waals surface area contributed by atoms with Crippen LogP contribution in [0.5, 0.6) is 0 Å². The molecule has 0 aliphatic rings. The van der Waals surface area contributed by atoms with Crippen molar-refractivity contribution in [2.45, 2.75) is 20.4 Å². The van der Waals surface area contributed by atoms with Gasteiger partial charge in [0.1, 0.15) is 11.5 Å². The van der Waals surface area contributed by atoms with Crippen LogP contribution in [0.25, 0.3) is 0 Å². The van der Waals surface area contributed by atoms with Gasteiger partial charge in [0.25, 0.3) is 0 Å². The Morgan fingerprint density at radius 2 is 2.29 bits per heavy atom. The van der Waals surface area contributed by atoms with Gasteiger partial charge in [-0.05, 0) is 26.0 Å². The van der Waals surface area contributed by atoms with Crippen LogP contribution in [0.3, 0.4) is 0 Å². The Hall–Kier alpha value is -1.49. The van der Waals surface area contributed by atoms with Gasteiger partial charge in [-0.3, -0.25) is 0 Å². The van der Waals surface area contributed by atoms with Crippen molar-refractivity contribution in [3.8, 4) is 0 Å². The van der Waals surface area contributed by atoms with Crippen molar-refractivity contribution >= 4 is 6.03 Å². The molecule has 96 valence electrons. The summed E-state index contributed by atoms with van der Waals surface area (Å²) in [7, 11) is 1.62. The summed E-state index contributed by atoms with van der Waals surface area (Å²) in [5.74, 6) is 1.63. The van der Waals surface area contributed by atoms with Gasteiger partial charge in [0.05, 0.1) is 13.2 Å². The first-order chi connectivity index (χ1) is 8.17. The molecule has 0 bridgehead atoms. The third-order valence-electron chi connectivity index (χ3n) is 2.32. The van der Waals surface area contributed by atoms with E-state index in [1.165, 1.54) is 0 Å². The third kappa shape index (κ3) is 4.48. The molecule has 1 N–H and O–H groups in total. The van der Waals surface area contributed by atoms with E-state index in [4.69, 9.17) is 9.15 Å². The summed E-state index contributed by atoms with van der Waals surface area (Å²) in [6.07, 6.45) is 0. The van der Waals surface area contributed by atoms with Gasteiger partial charge in [-0.1, -0.05) is 0 Å². The molecule has 0 aliphatic heterocycles. The van der Waals surface area contributed by atoms with Gasteiger partial charge < -0.3 is 19.4 Å². The highest BCUT2D eigenvalue weighted by Crippen LogP contribution is 2.09. The Balaban J connectivity index is 2.59. The Bertz CT molecular complexity index is 349. The van der Waals surface area contributed by atoms with Crippen molar-refractivity contribution < 1.29 is 13.9 Å². The highest BCUT2D eigenvalue weighted by molar-refractivity contribution is 5.74. The molecule has 0 unspecified atom stereocenters. The van der Waals surface area contributed by atoms with E-state index in [0.717, 1.165) is 11.5 Å². The van der Waals surface area contributed by atoms with Crippen LogP contribution < -0.4 is 5.32 Å². The van der Waals surface area contributed by atoms with E-state index in [9.17, 15) is 4.79 Å². The fraction of sp³-hybridized carbons (Fsp3) is 0.583. The normalized spacial score (nSPS) is 10.3. The number of urea groups is 1. The molecule has 0 saturated carbocycles. The minimum absolute atomic E-state index is 0.0985. The molecule has 5 heteroatoms. The highest BCUT2D eigenvalue weighted by Gasteiger charge is 2.14. The van der Waals surface area contributed by atoms with Crippen molar-refractivity contribution in [1.29, 1.82) is 0 Å². The largest absolute Gasteiger partial charge is 0.464 e. The maximum absolute atomic E-state index is 11.8. The number of nitrogens with one attached hydrogen (secondary N) is 1. The summed E-state index contributed by atoms with van der Waals surface area (Å²) in [5, 5.41) is 2.77. The van der Waals surface area contributed by atoms with Crippen molar-refractivity contribution in [2.24, 2.45) is 0 Å². The first-order valence-electron chi connectivity index (χ1n) is 5.74. The van der Waals surface area contributed by atoms with E-state index in [1.807, 2.05) is 26.0 Å². The Morgan fingerprint density at radius 3 is 2.82 bits per heavy atom. The number of aryl methyl sites for hydroxylation is 1. The van der Waals surface area contributed by atoms with Crippen LogP contribution in [0.4, 0.5) is 4.79 Å². The topological polar surface area (TPSA) is 54.7 Å². The van der Waals surface area contributed by atoms with Crippen molar-refractivity contribution in [3.05, 3.63) is 23.7 Å². The fourth-order valence-corrected chi connectivity index (χ4v) is 1.48. The number of carbonyl (C=O) groups excluding carboxylic acids is 1. The van der Waals surface area contributed by atoms with Crippen LogP contribution in [-0.4, -0.2) is 37.7 Å². The van der Waals surface area contributed by atoms with E-state index in [2.05, 4.69) is 5.32 Å². The van der Waals surface area contributed by atoms with Crippen LogP contribution in [0.15, 0.2) is 16.5 Å². The molecule has 2 amide bonds. The number of carbonyl (C=O) groups is 1. The zero-order valence-electron chi connectivity index (χ0n) is 10.7. The summed E-state index contributed by atoms with van der Waals surface area (Å²) >= 11 is 0. The maximum atomic E-state index is 11.8. The summed E-state index contributed by atoms with van der Waals surface area (Å²) in [6.45, 7) is 5.90. The van der Waals surface area contributed by atoms with E-state index in [-0.39, 0.29) is 6.03 Å². The molecule has 0 aliphatic carbocycles. The summed E-state index contributed by atoms with van der Waals surface area (Å²) in [6, 6.07) is 3.68. The number of hydrogen-bond acceptors (Lipinski definition) is 3. The predicted molar refractivity (Wildman–Crippen MR) is 64.8 cm³/mol. The number of methoxy groups -OCH3 is 1. The lowest BCUT2D eigenvalue weighted by Gasteiger charge is -2.21. The molecule has 17 heavy (non-hydrogen) atoms. The number of rotatable bonds is 6. The number of amides is 2. The average molecular weight is 240 g/mol. The lowest BCUT2D eigenvalue weighted by atomic mass is 10.4. The number of furan rings is 1. The number of ether oxygens (including phenoxy) is 1. The van der Waals surface area contributed by atoms with Crippen LogP contribution in [0, 0.1) is 6.92 Å². The van der Waals surface area contributed by atoms with Gasteiger partial charge in [-0.15, -0.1) is 0 Å². The van der Waals surface area contributed by atoms with Crippen LogP contribution in [-0.2, 0) is 11.3 Å². The molecular weight excluding hydrogens is 220 g/mol. The van der Waals surface area contributed by atoms with Gasteiger partial charge >= 0.3 is 6.03 Å². The summed E-state index contributed by atoms with van der Waals surface area (Å²) in [4.78, 5) is 13.4. The van der Waals surface area contributed by atoms with E-state index < -0.39 is 0 Å². The lowest BCUT2D eigenvalue weighted by Crippen LogP contribution is -2.41. The van der Waals surface area contributed by atoms with E-state index >= 15 is 0 Å². The minimum atomic E-state index is -0.0985. The quantitative estimate of drug-likeness (QED) is 0.824. The zero-order valence-corrected chi connectivity index (χ0v) is 10.7. The lowest BCUT2D eigenvalue weighted by molar-refractivity contribution is 0.143. The van der Waals surface area contributed by atoms with Gasteiger partial charge in [-0.25, -0.2) is 4.79 Å². The van der Waals surface area contributed by atoms with Gasteiger partial charge in [0, 0.05) is 20.2 Å². The van der Waals surface area contributed by atoms with E-state index in [0.29, 0.717) is 26.2 Å². The highest BCUT2D eigenvalue weighted by atomic mass is 16.5. The molecule has 1 heterocycles. The van der Waals surface area contributed by atoms with Crippen molar-refractivity contribution in [2.75, 3.05) is 26.8 Å². The summed E-state index contributed by atoms with van der Waals surface area (Å²) < 4.78 is 10.5.